The summed E-state index contributed by atoms with van der Waals surface area (Å²) in [4.78, 5) is 31.7. The second kappa shape index (κ2) is 5.93. The van der Waals surface area contributed by atoms with Crippen LogP contribution in [0.15, 0.2) is 36.7 Å². The number of nitrogens with one attached hydrogen (secondary N) is 2. The van der Waals surface area contributed by atoms with Crippen molar-refractivity contribution in [1.82, 2.24) is 9.97 Å². The van der Waals surface area contributed by atoms with E-state index in [-0.39, 0.29) is 11.7 Å². The number of hydrogen-bond donors (Lipinski definition) is 2. The second-order valence-corrected chi connectivity index (χ2v) is 5.31. The molecule has 0 spiro atoms. The van der Waals surface area contributed by atoms with E-state index in [9.17, 15) is 9.59 Å². The van der Waals surface area contributed by atoms with Crippen molar-refractivity contribution in [2.45, 2.75) is 25.8 Å². The SMILES string of the molecule is CC(=O)c1cccc(NC(=O)c2cnc(NC3CC3)nc2)c1. The van der Waals surface area contributed by atoms with E-state index < -0.39 is 0 Å². The van der Waals surface area contributed by atoms with E-state index in [4.69, 9.17) is 0 Å². The van der Waals surface area contributed by atoms with Gasteiger partial charge < -0.3 is 10.6 Å². The standard InChI is InChI=1S/C16H16N4O2/c1-10(21)11-3-2-4-14(7-11)19-15(22)12-8-17-16(18-9-12)20-13-5-6-13/h2-4,7-9,13H,5-6H2,1H3,(H,19,22)(H,17,18,20). The molecule has 1 aromatic carbocycles. The molecular weight excluding hydrogens is 280 g/mol. The number of rotatable bonds is 5. The molecule has 1 heterocycles. The van der Waals surface area contributed by atoms with Crippen molar-refractivity contribution < 1.29 is 9.59 Å². The minimum atomic E-state index is -0.307. The van der Waals surface area contributed by atoms with Gasteiger partial charge in [-0.15, -0.1) is 0 Å². The molecule has 3 rings (SSSR count). The zero-order valence-corrected chi connectivity index (χ0v) is 12.2. The maximum atomic E-state index is 12.1. The molecule has 1 aliphatic rings. The smallest absolute Gasteiger partial charge is 0.258 e. The highest BCUT2D eigenvalue weighted by molar-refractivity contribution is 6.04. The Hall–Kier alpha value is -2.76. The average Bonchev–Trinajstić information content (AvgIpc) is 3.32. The number of aromatic nitrogens is 2. The van der Waals surface area contributed by atoms with Crippen LogP contribution >= 0.6 is 0 Å². The van der Waals surface area contributed by atoms with Crippen LogP contribution in [0.25, 0.3) is 0 Å². The summed E-state index contributed by atoms with van der Waals surface area (Å²) in [6.45, 7) is 1.49. The van der Waals surface area contributed by atoms with Gasteiger partial charge in [0, 0.05) is 29.7 Å². The lowest BCUT2D eigenvalue weighted by Crippen LogP contribution is -2.14. The van der Waals surface area contributed by atoms with E-state index in [0.29, 0.717) is 28.8 Å². The number of Topliss-reactive ketones (excluding diaryl/α,β-unsaturated/α-hetero) is 1. The van der Waals surface area contributed by atoms with Crippen molar-refractivity contribution in [3.8, 4) is 0 Å². The van der Waals surface area contributed by atoms with Crippen molar-refractivity contribution in [1.29, 1.82) is 0 Å². The molecule has 22 heavy (non-hydrogen) atoms. The third-order valence-electron chi connectivity index (χ3n) is 3.35. The lowest BCUT2D eigenvalue weighted by atomic mass is 10.1. The predicted molar refractivity (Wildman–Crippen MR) is 83.1 cm³/mol. The highest BCUT2D eigenvalue weighted by Crippen LogP contribution is 2.22. The zero-order valence-electron chi connectivity index (χ0n) is 12.2. The van der Waals surface area contributed by atoms with Crippen LogP contribution in [0.4, 0.5) is 11.6 Å². The summed E-state index contributed by atoms with van der Waals surface area (Å²) < 4.78 is 0. The maximum Gasteiger partial charge on any atom is 0.258 e. The molecule has 1 aromatic heterocycles. The Labute approximate surface area is 128 Å². The Kier molecular flexibility index (Phi) is 3.82. The molecule has 0 atom stereocenters. The minimum absolute atomic E-state index is 0.0464. The highest BCUT2D eigenvalue weighted by Gasteiger charge is 2.21. The van der Waals surface area contributed by atoms with Crippen LogP contribution < -0.4 is 10.6 Å². The van der Waals surface area contributed by atoms with E-state index >= 15 is 0 Å². The fraction of sp³-hybridized carbons (Fsp3) is 0.250. The number of hydrogen-bond acceptors (Lipinski definition) is 5. The monoisotopic (exact) mass is 296 g/mol. The lowest BCUT2D eigenvalue weighted by molar-refractivity contribution is 0.101. The molecule has 1 fully saturated rings. The summed E-state index contributed by atoms with van der Waals surface area (Å²) in [5, 5.41) is 5.89. The first kappa shape index (κ1) is 14.2. The van der Waals surface area contributed by atoms with Crippen LogP contribution in [0.1, 0.15) is 40.5 Å². The third kappa shape index (κ3) is 3.46. The fourth-order valence-electron chi connectivity index (χ4n) is 1.95. The summed E-state index contributed by atoms with van der Waals surface area (Å²) in [6, 6.07) is 7.28. The van der Waals surface area contributed by atoms with Crippen LogP contribution in [0, 0.1) is 0 Å². The van der Waals surface area contributed by atoms with E-state index in [1.165, 1.54) is 19.3 Å². The molecule has 2 N–H and O–H groups in total. The quantitative estimate of drug-likeness (QED) is 0.828. The molecule has 6 nitrogen and oxygen atoms in total. The van der Waals surface area contributed by atoms with Crippen LogP contribution in [0.2, 0.25) is 0 Å². The minimum Gasteiger partial charge on any atom is -0.351 e. The first-order valence-electron chi connectivity index (χ1n) is 7.13. The molecule has 2 aromatic rings. The van der Waals surface area contributed by atoms with Gasteiger partial charge >= 0.3 is 0 Å². The van der Waals surface area contributed by atoms with Gasteiger partial charge in [-0.3, -0.25) is 9.59 Å². The normalized spacial score (nSPS) is 13.5. The Morgan fingerprint density at radius 3 is 2.50 bits per heavy atom. The van der Waals surface area contributed by atoms with E-state index in [1.54, 1.807) is 24.3 Å². The Bertz CT molecular complexity index is 708. The Morgan fingerprint density at radius 1 is 1.14 bits per heavy atom. The number of ketones is 1. The zero-order chi connectivity index (χ0) is 15.5. The van der Waals surface area contributed by atoms with Crippen LogP contribution in [0.3, 0.4) is 0 Å². The Balaban J connectivity index is 1.68. The van der Waals surface area contributed by atoms with E-state index in [2.05, 4.69) is 20.6 Å². The Morgan fingerprint density at radius 2 is 1.86 bits per heavy atom. The maximum absolute atomic E-state index is 12.1. The molecule has 112 valence electrons. The summed E-state index contributed by atoms with van der Waals surface area (Å²) in [5.41, 5.74) is 1.49. The summed E-state index contributed by atoms with van der Waals surface area (Å²) >= 11 is 0. The predicted octanol–water partition coefficient (Wildman–Crippen LogP) is 2.51. The number of carbonyl (C=O) groups is 2. The van der Waals surface area contributed by atoms with Crippen molar-refractivity contribution >= 4 is 23.3 Å². The molecule has 0 unspecified atom stereocenters. The molecule has 0 aliphatic heterocycles. The van der Waals surface area contributed by atoms with Crippen molar-refractivity contribution in [2.75, 3.05) is 10.6 Å². The van der Waals surface area contributed by atoms with Gasteiger partial charge in [-0.1, -0.05) is 12.1 Å². The van der Waals surface area contributed by atoms with Crippen molar-refractivity contribution in [3.05, 3.63) is 47.8 Å². The number of nitrogens with zero attached hydrogens (tertiary/aromatic N) is 2. The van der Waals surface area contributed by atoms with Gasteiger partial charge in [0.25, 0.3) is 5.91 Å². The van der Waals surface area contributed by atoms with Crippen molar-refractivity contribution in [3.63, 3.8) is 0 Å². The molecular formula is C16H16N4O2. The van der Waals surface area contributed by atoms with Gasteiger partial charge in [-0.05, 0) is 31.9 Å². The molecule has 1 amide bonds. The molecule has 1 saturated carbocycles. The summed E-state index contributed by atoms with van der Waals surface area (Å²) in [5.74, 6) is 0.186. The van der Waals surface area contributed by atoms with Gasteiger partial charge in [0.15, 0.2) is 5.78 Å². The number of carbonyl (C=O) groups excluding carboxylic acids is 2. The average molecular weight is 296 g/mol. The van der Waals surface area contributed by atoms with Crippen LogP contribution in [-0.4, -0.2) is 27.7 Å². The van der Waals surface area contributed by atoms with Gasteiger partial charge in [0.05, 0.1) is 5.56 Å². The molecule has 0 radical (unpaired) electrons. The van der Waals surface area contributed by atoms with Gasteiger partial charge in [-0.25, -0.2) is 9.97 Å². The topological polar surface area (TPSA) is 84.0 Å². The molecule has 1 aliphatic carbocycles. The summed E-state index contributed by atoms with van der Waals surface area (Å²) in [7, 11) is 0. The van der Waals surface area contributed by atoms with Gasteiger partial charge in [-0.2, -0.15) is 0 Å². The highest BCUT2D eigenvalue weighted by atomic mass is 16.1. The van der Waals surface area contributed by atoms with E-state index in [0.717, 1.165) is 12.8 Å². The van der Waals surface area contributed by atoms with Crippen LogP contribution in [0.5, 0.6) is 0 Å². The van der Waals surface area contributed by atoms with Gasteiger partial charge in [0.1, 0.15) is 0 Å². The van der Waals surface area contributed by atoms with E-state index in [1.807, 2.05) is 0 Å². The third-order valence-corrected chi connectivity index (χ3v) is 3.35. The number of anilines is 2. The van der Waals surface area contributed by atoms with Crippen LogP contribution in [-0.2, 0) is 0 Å². The second-order valence-electron chi connectivity index (χ2n) is 5.31. The summed E-state index contributed by atoms with van der Waals surface area (Å²) in [6.07, 6.45) is 5.25. The first-order valence-corrected chi connectivity index (χ1v) is 7.13. The van der Waals surface area contributed by atoms with Gasteiger partial charge in [0.2, 0.25) is 5.95 Å². The molecule has 0 saturated heterocycles. The number of benzene rings is 1. The molecule has 6 heteroatoms. The number of amides is 1. The largest absolute Gasteiger partial charge is 0.351 e. The first-order chi connectivity index (χ1) is 10.6. The fourth-order valence-corrected chi connectivity index (χ4v) is 1.95. The lowest BCUT2D eigenvalue weighted by Gasteiger charge is -2.07. The molecule has 0 bridgehead atoms. The van der Waals surface area contributed by atoms with Crippen molar-refractivity contribution in [2.24, 2.45) is 0 Å².